The van der Waals surface area contributed by atoms with Crippen LogP contribution in [0.3, 0.4) is 0 Å². The monoisotopic (exact) mass is 272 g/mol. The predicted molar refractivity (Wildman–Crippen MR) is 73.9 cm³/mol. The van der Waals surface area contributed by atoms with Crippen LogP contribution in [0.15, 0.2) is 0 Å². The van der Waals surface area contributed by atoms with Crippen LogP contribution in [0.5, 0.6) is 0 Å². The molecule has 0 saturated carbocycles. The van der Waals surface area contributed by atoms with E-state index in [0.29, 0.717) is 5.88 Å². The fourth-order valence-corrected chi connectivity index (χ4v) is 2.58. The fraction of sp³-hybridized carbons (Fsp3) is 0.636. The molecule has 2 aromatic heterocycles. The van der Waals surface area contributed by atoms with Gasteiger partial charge in [0.1, 0.15) is 11.3 Å². The third kappa shape index (κ3) is 2.18. The van der Waals surface area contributed by atoms with Crippen LogP contribution < -0.4 is 0 Å². The summed E-state index contributed by atoms with van der Waals surface area (Å²) >= 11 is 7.79. The molecule has 6 heteroatoms. The lowest BCUT2D eigenvalue weighted by Gasteiger charge is -2.07. The molecule has 0 spiro atoms. The number of halogens is 1. The highest BCUT2D eigenvalue weighted by Gasteiger charge is 2.17. The molecule has 0 aromatic carbocycles. The number of rotatable bonds is 5. The lowest BCUT2D eigenvalue weighted by atomic mass is 10.4. The minimum absolute atomic E-state index is 0.451. The molecule has 0 aliphatic heterocycles. The van der Waals surface area contributed by atoms with Gasteiger partial charge in [-0.1, -0.05) is 0 Å². The molecule has 94 valence electrons. The van der Waals surface area contributed by atoms with E-state index in [0.717, 1.165) is 41.5 Å². The Morgan fingerprint density at radius 3 is 2.76 bits per heavy atom. The average molecular weight is 273 g/mol. The van der Waals surface area contributed by atoms with Crippen molar-refractivity contribution in [2.24, 2.45) is 0 Å². The fourth-order valence-electron chi connectivity index (χ4n) is 2.01. The van der Waals surface area contributed by atoms with Gasteiger partial charge >= 0.3 is 0 Å². The summed E-state index contributed by atoms with van der Waals surface area (Å²) in [6.07, 6.45) is 2.11. The highest BCUT2D eigenvalue weighted by Crippen LogP contribution is 2.21. The maximum absolute atomic E-state index is 5.97. The molecule has 0 atom stereocenters. The van der Waals surface area contributed by atoms with E-state index in [4.69, 9.17) is 11.6 Å². The second-order valence-corrected chi connectivity index (χ2v) is 5.13. The first-order valence-electron chi connectivity index (χ1n) is 5.70. The van der Waals surface area contributed by atoms with Gasteiger partial charge in [0, 0.05) is 18.8 Å². The van der Waals surface area contributed by atoms with Crippen LogP contribution in [0.4, 0.5) is 0 Å². The Morgan fingerprint density at radius 2 is 2.18 bits per heavy atom. The van der Waals surface area contributed by atoms with Crippen molar-refractivity contribution in [3.8, 4) is 0 Å². The molecular formula is C11H17ClN4S. The van der Waals surface area contributed by atoms with Crippen molar-refractivity contribution in [2.45, 2.75) is 32.8 Å². The Kier molecular flexibility index (Phi) is 3.99. The first-order chi connectivity index (χ1) is 8.22. The highest BCUT2D eigenvalue weighted by atomic mass is 35.5. The summed E-state index contributed by atoms with van der Waals surface area (Å²) in [6, 6.07) is 0. The SMILES string of the molecule is CCn1nc(C)c2nc(CCl)n(CCSC)c21. The molecule has 4 nitrogen and oxygen atoms in total. The van der Waals surface area contributed by atoms with Gasteiger partial charge in [-0.05, 0) is 20.1 Å². The minimum Gasteiger partial charge on any atom is -0.311 e. The zero-order chi connectivity index (χ0) is 12.4. The first kappa shape index (κ1) is 12.8. The number of imidazole rings is 1. The second kappa shape index (κ2) is 5.31. The van der Waals surface area contributed by atoms with E-state index >= 15 is 0 Å². The number of thioether (sulfide) groups is 1. The van der Waals surface area contributed by atoms with Gasteiger partial charge in [-0.15, -0.1) is 11.6 Å². The summed E-state index contributed by atoms with van der Waals surface area (Å²) in [5.74, 6) is 2.45. The first-order valence-corrected chi connectivity index (χ1v) is 7.63. The number of alkyl halides is 1. The van der Waals surface area contributed by atoms with Crippen molar-refractivity contribution in [3.05, 3.63) is 11.5 Å². The number of hydrogen-bond acceptors (Lipinski definition) is 3. The zero-order valence-corrected chi connectivity index (χ0v) is 12.0. The van der Waals surface area contributed by atoms with E-state index in [1.54, 1.807) is 0 Å². The van der Waals surface area contributed by atoms with Crippen LogP contribution in [0.2, 0.25) is 0 Å². The third-order valence-corrected chi connectivity index (χ3v) is 3.65. The Balaban J connectivity index is 2.58. The summed E-state index contributed by atoms with van der Waals surface area (Å²) in [4.78, 5) is 4.59. The van der Waals surface area contributed by atoms with Crippen molar-refractivity contribution in [1.29, 1.82) is 0 Å². The van der Waals surface area contributed by atoms with Gasteiger partial charge in [-0.2, -0.15) is 16.9 Å². The molecule has 0 radical (unpaired) electrons. The van der Waals surface area contributed by atoms with Crippen molar-refractivity contribution >= 4 is 34.5 Å². The molecule has 17 heavy (non-hydrogen) atoms. The lowest BCUT2D eigenvalue weighted by Crippen LogP contribution is -2.09. The van der Waals surface area contributed by atoms with E-state index in [1.807, 2.05) is 23.4 Å². The summed E-state index contributed by atoms with van der Waals surface area (Å²) in [5, 5.41) is 4.50. The molecule has 2 aromatic rings. The normalized spacial score (nSPS) is 11.5. The van der Waals surface area contributed by atoms with Gasteiger partial charge in [0.2, 0.25) is 0 Å². The van der Waals surface area contributed by atoms with Crippen LogP contribution in [0, 0.1) is 6.92 Å². The van der Waals surface area contributed by atoms with Gasteiger partial charge in [-0.25, -0.2) is 9.67 Å². The quantitative estimate of drug-likeness (QED) is 0.785. The summed E-state index contributed by atoms with van der Waals surface area (Å²) in [5.41, 5.74) is 3.08. The molecule has 0 bridgehead atoms. The van der Waals surface area contributed by atoms with Gasteiger partial charge in [0.05, 0.1) is 11.6 Å². The molecule has 0 aliphatic rings. The summed E-state index contributed by atoms with van der Waals surface area (Å²) in [7, 11) is 0. The highest BCUT2D eigenvalue weighted by molar-refractivity contribution is 7.98. The van der Waals surface area contributed by atoms with Crippen molar-refractivity contribution in [3.63, 3.8) is 0 Å². The third-order valence-electron chi connectivity index (χ3n) is 2.82. The number of nitrogens with zero attached hydrogens (tertiary/aromatic N) is 4. The van der Waals surface area contributed by atoms with E-state index in [9.17, 15) is 0 Å². The Hall–Kier alpha value is -0.680. The molecule has 0 fully saturated rings. The predicted octanol–water partition coefficient (Wildman–Crippen LogP) is 2.66. The molecule has 0 aliphatic carbocycles. The number of aromatic nitrogens is 4. The van der Waals surface area contributed by atoms with E-state index in [2.05, 4.69) is 27.8 Å². The van der Waals surface area contributed by atoms with Gasteiger partial charge in [0.25, 0.3) is 0 Å². The molecule has 2 rings (SSSR count). The summed E-state index contributed by atoms with van der Waals surface area (Å²) < 4.78 is 4.20. The standard InChI is InChI=1S/C11H17ClN4S/c1-4-16-11-10(8(2)14-16)13-9(7-12)15(11)5-6-17-3/h4-7H2,1-3H3. The number of fused-ring (bicyclic) bond motifs is 1. The summed E-state index contributed by atoms with van der Waals surface area (Å²) in [6.45, 7) is 5.89. The Morgan fingerprint density at radius 1 is 1.41 bits per heavy atom. The molecule has 0 N–H and O–H groups in total. The molecule has 0 saturated heterocycles. The maximum Gasteiger partial charge on any atom is 0.158 e. The average Bonchev–Trinajstić information content (AvgIpc) is 2.85. The number of hydrogen-bond donors (Lipinski definition) is 0. The van der Waals surface area contributed by atoms with Crippen molar-refractivity contribution in [1.82, 2.24) is 19.3 Å². The largest absolute Gasteiger partial charge is 0.311 e. The minimum atomic E-state index is 0.451. The Bertz CT molecular complexity index is 517. The van der Waals surface area contributed by atoms with E-state index in [-0.39, 0.29) is 0 Å². The van der Waals surface area contributed by atoms with Crippen LogP contribution in [0.1, 0.15) is 18.4 Å². The molecular weight excluding hydrogens is 256 g/mol. The van der Waals surface area contributed by atoms with Crippen LogP contribution >= 0.6 is 23.4 Å². The lowest BCUT2D eigenvalue weighted by molar-refractivity contribution is 0.634. The topological polar surface area (TPSA) is 35.6 Å². The van der Waals surface area contributed by atoms with E-state index in [1.165, 1.54) is 0 Å². The second-order valence-electron chi connectivity index (χ2n) is 3.88. The van der Waals surface area contributed by atoms with Crippen LogP contribution in [-0.2, 0) is 19.0 Å². The maximum atomic E-state index is 5.97. The number of aryl methyl sites for hydroxylation is 3. The van der Waals surface area contributed by atoms with Gasteiger partial charge < -0.3 is 4.57 Å². The van der Waals surface area contributed by atoms with Crippen molar-refractivity contribution in [2.75, 3.05) is 12.0 Å². The van der Waals surface area contributed by atoms with Crippen molar-refractivity contribution < 1.29 is 0 Å². The van der Waals surface area contributed by atoms with Crippen LogP contribution in [0.25, 0.3) is 11.2 Å². The van der Waals surface area contributed by atoms with Gasteiger partial charge in [0.15, 0.2) is 5.65 Å². The van der Waals surface area contributed by atoms with Gasteiger partial charge in [-0.3, -0.25) is 0 Å². The smallest absolute Gasteiger partial charge is 0.158 e. The molecule has 0 amide bonds. The Labute approximate surface area is 110 Å². The van der Waals surface area contributed by atoms with E-state index < -0.39 is 0 Å². The molecule has 0 unspecified atom stereocenters. The zero-order valence-electron chi connectivity index (χ0n) is 10.4. The van der Waals surface area contributed by atoms with Crippen LogP contribution in [-0.4, -0.2) is 31.3 Å². The molecule has 2 heterocycles.